The monoisotopic (exact) mass is 460 g/mol. The van der Waals surface area contributed by atoms with Crippen LogP contribution in [-0.2, 0) is 25.4 Å². The summed E-state index contributed by atoms with van der Waals surface area (Å²) in [5.74, 6) is 0.594. The molecule has 0 aromatic carbocycles. The van der Waals surface area contributed by atoms with E-state index in [2.05, 4.69) is 0 Å². The first-order chi connectivity index (χ1) is 15.3. The summed E-state index contributed by atoms with van der Waals surface area (Å²) in [4.78, 5) is 46.6. The van der Waals surface area contributed by atoms with Crippen LogP contribution in [0.3, 0.4) is 0 Å². The molecule has 1 atom stereocenters. The molecule has 2 aromatic heterocycles. The largest absolute Gasteiger partial charge is 0.444 e. The second kappa shape index (κ2) is 9.07. The third kappa shape index (κ3) is 4.99. The number of anilines is 1. The van der Waals surface area contributed by atoms with E-state index >= 15 is 0 Å². The van der Waals surface area contributed by atoms with Gasteiger partial charge in [0.25, 0.3) is 5.56 Å². The number of amides is 1. The lowest BCUT2D eigenvalue weighted by Crippen LogP contribution is -2.50. The number of imidazole rings is 1. The Bertz CT molecular complexity index is 1190. The summed E-state index contributed by atoms with van der Waals surface area (Å²) in [5.41, 5.74) is 0.509. The van der Waals surface area contributed by atoms with E-state index in [-0.39, 0.29) is 17.7 Å². The summed E-state index contributed by atoms with van der Waals surface area (Å²) in [5, 5.41) is 0. The Hall–Kier alpha value is -3.04. The average Bonchev–Trinajstić information content (AvgIpc) is 3.12. The van der Waals surface area contributed by atoms with Crippen molar-refractivity contribution in [3.8, 4) is 0 Å². The molecule has 1 aliphatic heterocycles. The maximum absolute atomic E-state index is 13.0. The van der Waals surface area contributed by atoms with Crippen molar-refractivity contribution in [2.24, 2.45) is 14.1 Å². The summed E-state index contributed by atoms with van der Waals surface area (Å²) in [6.45, 7) is 11.1. The van der Waals surface area contributed by atoms with Crippen molar-refractivity contribution in [1.29, 1.82) is 0 Å². The first-order valence-electron chi connectivity index (χ1n) is 11.3. The Morgan fingerprint density at radius 2 is 1.88 bits per heavy atom. The summed E-state index contributed by atoms with van der Waals surface area (Å²) in [6, 6.07) is -0.00517. The SMILES string of the molecule is CC(C)=CCn1c(N(C)C2CCCN(C(=O)OC(C)(C)C)C2)nc2c1c(=O)n(C)c(=O)n2C. The number of rotatable bonds is 4. The van der Waals surface area contributed by atoms with Crippen LogP contribution in [0, 0.1) is 0 Å². The van der Waals surface area contributed by atoms with Gasteiger partial charge in [-0.3, -0.25) is 13.9 Å². The molecule has 3 heterocycles. The molecule has 33 heavy (non-hydrogen) atoms. The smallest absolute Gasteiger partial charge is 0.410 e. The van der Waals surface area contributed by atoms with E-state index in [1.54, 1.807) is 11.9 Å². The highest BCUT2D eigenvalue weighted by Gasteiger charge is 2.32. The Labute approximate surface area is 194 Å². The number of likely N-dealkylation sites (tertiary alicyclic amines) is 1. The van der Waals surface area contributed by atoms with E-state index in [9.17, 15) is 14.4 Å². The van der Waals surface area contributed by atoms with Crippen LogP contribution in [0.25, 0.3) is 11.2 Å². The molecule has 1 saturated heterocycles. The number of hydrogen-bond acceptors (Lipinski definition) is 6. The second-order valence-corrected chi connectivity index (χ2v) is 10.0. The highest BCUT2D eigenvalue weighted by atomic mass is 16.6. The lowest BCUT2D eigenvalue weighted by atomic mass is 10.1. The number of piperidine rings is 1. The fraction of sp³-hybridized carbons (Fsp3) is 0.652. The van der Waals surface area contributed by atoms with Gasteiger partial charge in [-0.05, 0) is 47.5 Å². The summed E-state index contributed by atoms with van der Waals surface area (Å²) >= 11 is 0. The van der Waals surface area contributed by atoms with Crippen molar-refractivity contribution in [3.63, 3.8) is 0 Å². The van der Waals surface area contributed by atoms with Crippen molar-refractivity contribution in [2.75, 3.05) is 25.0 Å². The Morgan fingerprint density at radius 3 is 2.48 bits per heavy atom. The van der Waals surface area contributed by atoms with Gasteiger partial charge in [0.2, 0.25) is 5.95 Å². The van der Waals surface area contributed by atoms with Crippen LogP contribution < -0.4 is 16.1 Å². The topological polar surface area (TPSA) is 94.6 Å². The molecular weight excluding hydrogens is 424 g/mol. The second-order valence-electron chi connectivity index (χ2n) is 10.0. The zero-order valence-corrected chi connectivity index (χ0v) is 21.0. The number of likely N-dealkylation sites (N-methyl/N-ethyl adjacent to an activating group) is 1. The van der Waals surface area contributed by atoms with Gasteiger partial charge in [0.1, 0.15) is 5.60 Å². The Balaban J connectivity index is 2.04. The minimum Gasteiger partial charge on any atom is -0.444 e. The van der Waals surface area contributed by atoms with Crippen LogP contribution >= 0.6 is 0 Å². The van der Waals surface area contributed by atoms with Crippen molar-refractivity contribution in [3.05, 3.63) is 32.5 Å². The molecule has 10 nitrogen and oxygen atoms in total. The van der Waals surface area contributed by atoms with E-state index in [1.807, 2.05) is 57.2 Å². The number of ether oxygens (including phenoxy) is 1. The third-order valence-electron chi connectivity index (χ3n) is 5.92. The average molecular weight is 461 g/mol. The molecule has 0 N–H and O–H groups in total. The minimum absolute atomic E-state index is 0.00517. The summed E-state index contributed by atoms with van der Waals surface area (Å²) in [7, 11) is 5.02. The van der Waals surface area contributed by atoms with Gasteiger partial charge in [0.15, 0.2) is 11.2 Å². The fourth-order valence-corrected chi connectivity index (χ4v) is 4.08. The number of aromatic nitrogens is 4. The van der Waals surface area contributed by atoms with E-state index in [0.717, 1.165) is 23.0 Å². The van der Waals surface area contributed by atoms with Crippen LogP contribution in [0.2, 0.25) is 0 Å². The number of nitrogens with zero attached hydrogens (tertiary/aromatic N) is 6. The summed E-state index contributed by atoms with van der Waals surface area (Å²) < 4.78 is 9.93. The quantitative estimate of drug-likeness (QED) is 0.650. The van der Waals surface area contributed by atoms with Gasteiger partial charge in [-0.15, -0.1) is 0 Å². The molecule has 0 spiro atoms. The van der Waals surface area contributed by atoms with Gasteiger partial charge in [0.05, 0.1) is 0 Å². The number of aryl methyl sites for hydroxylation is 1. The molecule has 0 bridgehead atoms. The molecule has 2 aromatic rings. The molecule has 1 fully saturated rings. The van der Waals surface area contributed by atoms with Gasteiger partial charge in [-0.25, -0.2) is 9.59 Å². The molecule has 182 valence electrons. The van der Waals surface area contributed by atoms with E-state index in [4.69, 9.17) is 9.72 Å². The van der Waals surface area contributed by atoms with Gasteiger partial charge >= 0.3 is 11.8 Å². The predicted molar refractivity (Wildman–Crippen MR) is 129 cm³/mol. The van der Waals surface area contributed by atoms with Gasteiger partial charge in [-0.1, -0.05) is 11.6 Å². The van der Waals surface area contributed by atoms with Crippen LogP contribution in [0.5, 0.6) is 0 Å². The van der Waals surface area contributed by atoms with E-state index in [1.165, 1.54) is 11.6 Å². The van der Waals surface area contributed by atoms with E-state index < -0.39 is 11.3 Å². The summed E-state index contributed by atoms with van der Waals surface area (Å²) in [6.07, 6.45) is 3.41. The normalized spacial score (nSPS) is 16.7. The van der Waals surface area contributed by atoms with Crippen LogP contribution in [0.15, 0.2) is 21.2 Å². The third-order valence-corrected chi connectivity index (χ3v) is 5.92. The van der Waals surface area contributed by atoms with E-state index in [0.29, 0.717) is 36.7 Å². The first kappa shape index (κ1) is 24.6. The molecule has 1 amide bonds. The maximum atomic E-state index is 13.0. The molecular formula is C23H36N6O4. The highest BCUT2D eigenvalue weighted by Crippen LogP contribution is 2.25. The van der Waals surface area contributed by atoms with Crippen molar-refractivity contribution in [2.45, 2.75) is 65.6 Å². The molecule has 1 aliphatic rings. The number of carbonyl (C=O) groups excluding carboxylic acids is 1. The number of fused-ring (bicyclic) bond motifs is 1. The van der Waals surface area contributed by atoms with Crippen LogP contribution in [0.1, 0.15) is 47.5 Å². The first-order valence-corrected chi connectivity index (χ1v) is 11.3. The lowest BCUT2D eigenvalue weighted by Gasteiger charge is -2.38. The zero-order valence-electron chi connectivity index (χ0n) is 21.0. The Kier molecular flexibility index (Phi) is 6.76. The number of allylic oxidation sites excluding steroid dienone is 2. The molecule has 10 heteroatoms. The van der Waals surface area contributed by atoms with Crippen molar-refractivity contribution in [1.82, 2.24) is 23.6 Å². The molecule has 3 rings (SSSR count). The van der Waals surface area contributed by atoms with Crippen LogP contribution in [0.4, 0.5) is 10.7 Å². The van der Waals surface area contributed by atoms with Gasteiger partial charge < -0.3 is 19.1 Å². The highest BCUT2D eigenvalue weighted by molar-refractivity contribution is 5.75. The standard InChI is InChI=1S/C23H36N6O4/c1-15(2)11-13-29-17-18(26(7)21(31)27(8)19(17)30)24-20(29)25(6)16-10-9-12-28(14-16)22(32)33-23(3,4)5/h11,16H,9-10,12-14H2,1-8H3. The fourth-order valence-electron chi connectivity index (χ4n) is 4.08. The van der Waals surface area contributed by atoms with Gasteiger partial charge in [0, 0.05) is 46.8 Å². The zero-order chi connectivity index (χ0) is 24.7. The van der Waals surface area contributed by atoms with Crippen molar-refractivity contribution < 1.29 is 9.53 Å². The number of carbonyl (C=O) groups is 1. The molecule has 1 unspecified atom stereocenters. The van der Waals surface area contributed by atoms with Crippen LogP contribution in [-0.4, -0.2) is 61.5 Å². The minimum atomic E-state index is -0.556. The molecule has 0 aliphatic carbocycles. The molecule has 0 radical (unpaired) electrons. The van der Waals surface area contributed by atoms with Crippen molar-refractivity contribution >= 4 is 23.2 Å². The number of hydrogen-bond donors (Lipinski definition) is 0. The maximum Gasteiger partial charge on any atom is 0.410 e. The van der Waals surface area contributed by atoms with Gasteiger partial charge in [-0.2, -0.15) is 4.98 Å². The predicted octanol–water partition coefficient (Wildman–Crippen LogP) is 2.24. The molecule has 0 saturated carbocycles. The lowest BCUT2D eigenvalue weighted by molar-refractivity contribution is 0.0199. The Morgan fingerprint density at radius 1 is 1.21 bits per heavy atom.